The Morgan fingerprint density at radius 1 is 0.284 bits per heavy atom. The number of ether oxygens (including phenoxy) is 4. The van der Waals surface area contributed by atoms with E-state index in [9.17, 15) is 43.2 Å². The van der Waals surface area contributed by atoms with Gasteiger partial charge in [0, 0.05) is 25.7 Å². The van der Waals surface area contributed by atoms with Crippen molar-refractivity contribution in [2.24, 2.45) is 0 Å². The molecule has 102 heavy (non-hydrogen) atoms. The van der Waals surface area contributed by atoms with Crippen molar-refractivity contribution in [2.45, 2.75) is 380 Å². The third-order valence-corrected chi connectivity index (χ3v) is 19.2. The maximum Gasteiger partial charge on any atom is 0.472 e. The van der Waals surface area contributed by atoms with E-state index in [2.05, 4.69) is 113 Å². The first kappa shape index (κ1) is 98.2. The molecule has 0 aliphatic heterocycles. The van der Waals surface area contributed by atoms with E-state index in [4.69, 9.17) is 37.0 Å². The first-order valence-electron chi connectivity index (χ1n) is 40.8. The van der Waals surface area contributed by atoms with Crippen molar-refractivity contribution in [3.8, 4) is 0 Å². The molecule has 0 rings (SSSR count). The van der Waals surface area contributed by atoms with E-state index in [0.29, 0.717) is 25.7 Å². The van der Waals surface area contributed by atoms with Crippen molar-refractivity contribution in [1.82, 2.24) is 0 Å². The lowest BCUT2D eigenvalue weighted by Crippen LogP contribution is -2.30. The quantitative estimate of drug-likeness (QED) is 0.0169. The van der Waals surface area contributed by atoms with E-state index in [1.54, 1.807) is 0 Å². The minimum Gasteiger partial charge on any atom is -0.462 e. The van der Waals surface area contributed by atoms with Gasteiger partial charge in [-0.2, -0.15) is 0 Å². The molecule has 0 aromatic heterocycles. The summed E-state index contributed by atoms with van der Waals surface area (Å²) in [6, 6.07) is 0. The molecule has 0 bridgehead atoms. The maximum absolute atomic E-state index is 13.1. The molecule has 0 spiro atoms. The molecule has 0 aromatic carbocycles. The summed E-state index contributed by atoms with van der Waals surface area (Å²) in [5, 5.41) is 10.6. The molecule has 5 unspecified atom stereocenters. The summed E-state index contributed by atoms with van der Waals surface area (Å²) in [7, 11) is -9.96. The molecule has 5 atom stereocenters. The number of allylic oxidation sites excluding steroid dienone is 14. The summed E-state index contributed by atoms with van der Waals surface area (Å²) >= 11 is 0. The Bertz CT molecular complexity index is 2260. The Labute approximate surface area is 621 Å². The Balaban J connectivity index is 5.33. The second kappa shape index (κ2) is 75.5. The van der Waals surface area contributed by atoms with E-state index >= 15 is 0 Å². The number of hydrogen-bond donors (Lipinski definition) is 3. The van der Waals surface area contributed by atoms with Crippen molar-refractivity contribution in [2.75, 3.05) is 39.6 Å². The second-order valence-corrected chi connectivity index (χ2v) is 30.2. The molecule has 0 saturated carbocycles. The van der Waals surface area contributed by atoms with Crippen LogP contribution in [0.5, 0.6) is 0 Å². The van der Waals surface area contributed by atoms with Gasteiger partial charge in [-0.1, -0.05) is 305 Å². The van der Waals surface area contributed by atoms with Crippen LogP contribution in [0.25, 0.3) is 0 Å². The van der Waals surface area contributed by atoms with Crippen molar-refractivity contribution in [3.63, 3.8) is 0 Å². The molecule has 3 N–H and O–H groups in total. The fourth-order valence-corrected chi connectivity index (χ4v) is 12.7. The third-order valence-electron chi connectivity index (χ3n) is 17.3. The minimum absolute atomic E-state index is 0.0763. The van der Waals surface area contributed by atoms with Crippen LogP contribution in [-0.4, -0.2) is 96.7 Å². The fraction of sp³-hybridized carbons (Fsp3) is 0.783. The van der Waals surface area contributed by atoms with Crippen LogP contribution in [-0.2, 0) is 65.4 Å². The molecule has 0 amide bonds. The zero-order valence-corrected chi connectivity index (χ0v) is 66.6. The summed E-state index contributed by atoms with van der Waals surface area (Å²) in [5.41, 5.74) is 0. The summed E-state index contributed by atoms with van der Waals surface area (Å²) in [4.78, 5) is 73.0. The Hall–Kier alpha value is -3.76. The van der Waals surface area contributed by atoms with Crippen LogP contribution in [0.4, 0.5) is 0 Å². The lowest BCUT2D eigenvalue weighted by atomic mass is 10.0. The van der Waals surface area contributed by atoms with Gasteiger partial charge in [0.25, 0.3) is 0 Å². The van der Waals surface area contributed by atoms with Crippen LogP contribution in [0.2, 0.25) is 0 Å². The van der Waals surface area contributed by atoms with E-state index in [1.807, 2.05) is 0 Å². The van der Waals surface area contributed by atoms with Crippen molar-refractivity contribution in [3.05, 3.63) is 85.1 Å². The number of unbranched alkanes of at least 4 members (excludes halogenated alkanes) is 37. The van der Waals surface area contributed by atoms with Gasteiger partial charge in [-0.05, 0) is 116 Å². The molecular formula is C83H148O17P2. The highest BCUT2D eigenvalue weighted by atomic mass is 31.2. The van der Waals surface area contributed by atoms with Gasteiger partial charge in [0.1, 0.15) is 19.3 Å². The number of aliphatic hydroxyl groups excluding tert-OH is 1. The molecule has 592 valence electrons. The van der Waals surface area contributed by atoms with Gasteiger partial charge < -0.3 is 33.8 Å². The number of hydrogen-bond acceptors (Lipinski definition) is 15. The van der Waals surface area contributed by atoms with Gasteiger partial charge in [-0.15, -0.1) is 0 Å². The topological polar surface area (TPSA) is 237 Å². The van der Waals surface area contributed by atoms with Crippen LogP contribution < -0.4 is 0 Å². The van der Waals surface area contributed by atoms with Crippen molar-refractivity contribution in [1.29, 1.82) is 0 Å². The first-order chi connectivity index (χ1) is 49.7. The van der Waals surface area contributed by atoms with E-state index < -0.39 is 97.5 Å². The fourth-order valence-electron chi connectivity index (χ4n) is 11.1. The maximum atomic E-state index is 13.1. The predicted molar refractivity (Wildman–Crippen MR) is 418 cm³/mol. The number of carbonyl (C=O) groups excluding carboxylic acids is 4. The molecule has 17 nitrogen and oxygen atoms in total. The standard InChI is InChI=1S/C83H148O17P2/c1-5-9-13-17-21-25-29-33-36-37-38-39-42-45-48-52-56-60-64-68-81(86)94-73-78(99-82(87)69-65-61-57-53-49-43-32-28-24-20-16-12-8-4)75-97-101(89,90)95-71-77(84)72-96-102(91,92)98-76-79(100-83(88)70-66-62-58-54-50-46-41-35-31-27-23-19-15-11-7-3)74-93-80(85)67-63-59-55-51-47-44-40-34-30-26-22-18-14-10-6-2/h9,13,16,20-21,25,28,32-34,36,38-40,77-79,84H,5-8,10-12,14-15,17-19,22-24,26-27,29-31,35,37,41-76H2,1-4H3,(H,89,90)(H,91,92)/b13-9-,20-16-,25-21-,32-28-,36-33-,39-38-,40-34-. The van der Waals surface area contributed by atoms with Crippen LogP contribution >= 0.6 is 15.6 Å². The molecule has 0 aliphatic rings. The Morgan fingerprint density at radius 3 is 0.833 bits per heavy atom. The summed E-state index contributed by atoms with van der Waals surface area (Å²) in [6.07, 6.45) is 78.4. The zero-order valence-electron chi connectivity index (χ0n) is 64.8. The number of phosphoric ester groups is 2. The number of esters is 4. The van der Waals surface area contributed by atoms with Gasteiger partial charge in [0.15, 0.2) is 12.2 Å². The molecule has 0 aromatic rings. The SMILES string of the molecule is CC/C=C\C/C=C\C/C=C\C/C=C\CCCCCCCCC(=O)OCC(COP(=O)(O)OCC(O)COP(=O)(O)OCC(COC(=O)CCCCCCC/C=C\CCCCCCCC)OC(=O)CCCCCCCCCCCCCCCCC)OC(=O)CCCCCCC/C=C\C/C=C\CCC. The average molecular weight is 1480 g/mol. The molecule has 0 radical (unpaired) electrons. The van der Waals surface area contributed by atoms with Gasteiger partial charge in [-0.25, -0.2) is 9.13 Å². The zero-order chi connectivity index (χ0) is 74.6. The highest BCUT2D eigenvalue weighted by Gasteiger charge is 2.30. The van der Waals surface area contributed by atoms with E-state index in [1.165, 1.54) is 103 Å². The summed E-state index contributed by atoms with van der Waals surface area (Å²) in [5.74, 6) is -2.19. The molecule has 0 fully saturated rings. The second-order valence-electron chi connectivity index (χ2n) is 27.3. The highest BCUT2D eigenvalue weighted by molar-refractivity contribution is 7.47. The summed E-state index contributed by atoms with van der Waals surface area (Å²) in [6.45, 7) is 4.72. The lowest BCUT2D eigenvalue weighted by molar-refractivity contribution is -0.161. The van der Waals surface area contributed by atoms with Gasteiger partial charge >= 0.3 is 39.5 Å². The normalized spacial score (nSPS) is 14.3. The third kappa shape index (κ3) is 74.5. The van der Waals surface area contributed by atoms with Gasteiger partial charge in [-0.3, -0.25) is 37.3 Å². The van der Waals surface area contributed by atoms with E-state index in [-0.39, 0.29) is 25.7 Å². The predicted octanol–water partition coefficient (Wildman–Crippen LogP) is 23.8. The molecular weight excluding hydrogens is 1330 g/mol. The number of aliphatic hydroxyl groups is 1. The summed E-state index contributed by atoms with van der Waals surface area (Å²) < 4.78 is 68.6. The molecule has 19 heteroatoms. The average Bonchev–Trinajstić information content (AvgIpc) is 0.908. The number of rotatable bonds is 77. The smallest absolute Gasteiger partial charge is 0.462 e. The van der Waals surface area contributed by atoms with Crippen LogP contribution in [0.15, 0.2) is 85.1 Å². The minimum atomic E-state index is -4.98. The Kier molecular flexibility index (Phi) is 72.7. The Morgan fingerprint density at radius 2 is 0.529 bits per heavy atom. The van der Waals surface area contributed by atoms with Crippen LogP contribution in [0.1, 0.15) is 362 Å². The van der Waals surface area contributed by atoms with Crippen LogP contribution in [0.3, 0.4) is 0 Å². The molecule has 0 heterocycles. The van der Waals surface area contributed by atoms with Gasteiger partial charge in [0.2, 0.25) is 0 Å². The first-order valence-corrected chi connectivity index (χ1v) is 43.8. The van der Waals surface area contributed by atoms with Crippen molar-refractivity contribution >= 4 is 39.5 Å². The number of carbonyl (C=O) groups is 4. The van der Waals surface area contributed by atoms with Crippen molar-refractivity contribution < 1.29 is 80.2 Å². The largest absolute Gasteiger partial charge is 0.472 e. The monoisotopic (exact) mass is 1480 g/mol. The molecule has 0 aliphatic carbocycles. The highest BCUT2D eigenvalue weighted by Crippen LogP contribution is 2.45. The number of phosphoric acid groups is 2. The molecule has 0 saturated heterocycles. The van der Waals surface area contributed by atoms with Gasteiger partial charge in [0.05, 0.1) is 26.4 Å². The lowest BCUT2D eigenvalue weighted by Gasteiger charge is -2.21. The van der Waals surface area contributed by atoms with E-state index in [0.717, 1.165) is 180 Å². The van der Waals surface area contributed by atoms with Crippen LogP contribution in [0, 0.1) is 0 Å².